The predicted molar refractivity (Wildman–Crippen MR) is 90.6 cm³/mol. The molecule has 2 heteroatoms. The van der Waals surface area contributed by atoms with Crippen molar-refractivity contribution in [1.29, 1.82) is 0 Å². The highest BCUT2D eigenvalue weighted by atomic mass is 15.0. The molecule has 0 atom stereocenters. The third-order valence-electron chi connectivity index (χ3n) is 3.63. The predicted octanol–water partition coefficient (Wildman–Crippen LogP) is 5.11. The van der Waals surface area contributed by atoms with E-state index in [1.807, 2.05) is 6.07 Å². The summed E-state index contributed by atoms with van der Waals surface area (Å²) >= 11 is 0. The van der Waals surface area contributed by atoms with Gasteiger partial charge in [0.25, 0.3) is 0 Å². The van der Waals surface area contributed by atoms with Crippen LogP contribution in [0.1, 0.15) is 19.8 Å². The van der Waals surface area contributed by atoms with Crippen LogP contribution < -0.4 is 5.32 Å². The summed E-state index contributed by atoms with van der Waals surface area (Å²) in [5, 5.41) is 5.90. The summed E-state index contributed by atoms with van der Waals surface area (Å²) in [4.78, 5) is 4.83. The molecule has 0 saturated carbocycles. The summed E-state index contributed by atoms with van der Waals surface area (Å²) in [6.07, 6.45) is 2.34. The van der Waals surface area contributed by atoms with Crippen molar-refractivity contribution in [1.82, 2.24) is 4.98 Å². The quantitative estimate of drug-likeness (QED) is 0.655. The van der Waals surface area contributed by atoms with Crippen LogP contribution in [0.2, 0.25) is 0 Å². The van der Waals surface area contributed by atoms with Gasteiger partial charge in [0.05, 0.1) is 5.69 Å². The van der Waals surface area contributed by atoms with E-state index >= 15 is 0 Å². The number of fused-ring (bicyclic) bond motifs is 1. The largest absolute Gasteiger partial charge is 0.370 e. The van der Waals surface area contributed by atoms with Crippen molar-refractivity contribution in [3.8, 4) is 11.3 Å². The zero-order valence-electron chi connectivity index (χ0n) is 12.3. The molecule has 0 aliphatic carbocycles. The molecule has 0 unspecified atom stereocenters. The molecular weight excluding hydrogens is 256 g/mol. The Morgan fingerprint density at radius 2 is 1.71 bits per heavy atom. The van der Waals surface area contributed by atoms with Gasteiger partial charge in [0.1, 0.15) is 5.82 Å². The fourth-order valence-corrected chi connectivity index (χ4v) is 2.47. The Morgan fingerprint density at radius 1 is 0.952 bits per heavy atom. The Kier molecular flexibility index (Phi) is 4.15. The van der Waals surface area contributed by atoms with Gasteiger partial charge >= 0.3 is 0 Å². The SMILES string of the molecule is CCCCNc1nc(-c2ccccc2)cc2ccccc12. The van der Waals surface area contributed by atoms with E-state index in [4.69, 9.17) is 4.98 Å². The van der Waals surface area contributed by atoms with Crippen LogP contribution in [0.5, 0.6) is 0 Å². The molecule has 2 nitrogen and oxygen atoms in total. The summed E-state index contributed by atoms with van der Waals surface area (Å²) in [7, 11) is 0. The van der Waals surface area contributed by atoms with Crippen LogP contribution in [-0.4, -0.2) is 11.5 Å². The van der Waals surface area contributed by atoms with E-state index < -0.39 is 0 Å². The first kappa shape index (κ1) is 13.6. The van der Waals surface area contributed by atoms with Gasteiger partial charge in [-0.15, -0.1) is 0 Å². The van der Waals surface area contributed by atoms with Gasteiger partial charge in [-0.3, -0.25) is 0 Å². The summed E-state index contributed by atoms with van der Waals surface area (Å²) < 4.78 is 0. The van der Waals surface area contributed by atoms with E-state index in [0.717, 1.165) is 30.0 Å². The molecule has 0 spiro atoms. The lowest BCUT2D eigenvalue weighted by molar-refractivity contribution is 0.832. The van der Waals surface area contributed by atoms with Gasteiger partial charge in [-0.05, 0) is 17.9 Å². The summed E-state index contributed by atoms with van der Waals surface area (Å²) in [6, 6.07) is 20.9. The van der Waals surface area contributed by atoms with Crippen molar-refractivity contribution in [3.05, 3.63) is 60.7 Å². The number of anilines is 1. The second-order valence-corrected chi connectivity index (χ2v) is 5.22. The van der Waals surface area contributed by atoms with Crippen molar-refractivity contribution in [2.75, 3.05) is 11.9 Å². The Labute approximate surface area is 125 Å². The van der Waals surface area contributed by atoms with Crippen LogP contribution in [0.15, 0.2) is 60.7 Å². The van der Waals surface area contributed by atoms with Gasteiger partial charge in [0.15, 0.2) is 0 Å². The number of benzene rings is 2. The topological polar surface area (TPSA) is 24.9 Å². The maximum absolute atomic E-state index is 4.83. The lowest BCUT2D eigenvalue weighted by atomic mass is 10.1. The maximum atomic E-state index is 4.83. The molecule has 0 fully saturated rings. The highest BCUT2D eigenvalue weighted by Gasteiger charge is 2.06. The van der Waals surface area contributed by atoms with Crippen LogP contribution in [0.3, 0.4) is 0 Å². The smallest absolute Gasteiger partial charge is 0.134 e. The van der Waals surface area contributed by atoms with Crippen LogP contribution in [-0.2, 0) is 0 Å². The lowest BCUT2D eigenvalue weighted by Gasteiger charge is -2.11. The fraction of sp³-hybridized carbons (Fsp3) is 0.211. The normalized spacial score (nSPS) is 10.7. The number of nitrogens with one attached hydrogen (secondary N) is 1. The van der Waals surface area contributed by atoms with Crippen LogP contribution in [0.4, 0.5) is 5.82 Å². The van der Waals surface area contributed by atoms with Crippen molar-refractivity contribution in [2.45, 2.75) is 19.8 Å². The molecule has 1 N–H and O–H groups in total. The maximum Gasteiger partial charge on any atom is 0.134 e. The average molecular weight is 276 g/mol. The van der Waals surface area contributed by atoms with Crippen LogP contribution in [0, 0.1) is 0 Å². The van der Waals surface area contributed by atoms with Crippen molar-refractivity contribution in [3.63, 3.8) is 0 Å². The zero-order valence-corrected chi connectivity index (χ0v) is 12.3. The highest BCUT2D eigenvalue weighted by molar-refractivity contribution is 5.94. The van der Waals surface area contributed by atoms with Gasteiger partial charge in [-0.1, -0.05) is 67.9 Å². The molecule has 0 aliphatic rings. The molecule has 2 aromatic carbocycles. The van der Waals surface area contributed by atoms with E-state index in [0.29, 0.717) is 0 Å². The third kappa shape index (κ3) is 3.05. The number of aromatic nitrogens is 1. The molecule has 0 radical (unpaired) electrons. The molecule has 21 heavy (non-hydrogen) atoms. The monoisotopic (exact) mass is 276 g/mol. The van der Waals surface area contributed by atoms with Crippen molar-refractivity contribution in [2.24, 2.45) is 0 Å². The highest BCUT2D eigenvalue weighted by Crippen LogP contribution is 2.27. The first-order chi connectivity index (χ1) is 10.4. The van der Waals surface area contributed by atoms with Crippen LogP contribution in [0.25, 0.3) is 22.0 Å². The van der Waals surface area contributed by atoms with E-state index in [1.54, 1.807) is 0 Å². The Balaban J connectivity index is 2.06. The van der Waals surface area contributed by atoms with Gasteiger partial charge in [-0.25, -0.2) is 4.98 Å². The minimum atomic E-state index is 0.964. The first-order valence-electron chi connectivity index (χ1n) is 7.57. The third-order valence-corrected chi connectivity index (χ3v) is 3.63. The molecule has 1 aromatic heterocycles. The summed E-state index contributed by atoms with van der Waals surface area (Å²) in [6.45, 7) is 3.17. The molecule has 0 aliphatic heterocycles. The van der Waals surface area contributed by atoms with Gasteiger partial charge in [0.2, 0.25) is 0 Å². The fourth-order valence-electron chi connectivity index (χ4n) is 2.47. The van der Waals surface area contributed by atoms with Gasteiger partial charge < -0.3 is 5.32 Å². The van der Waals surface area contributed by atoms with Crippen LogP contribution >= 0.6 is 0 Å². The Morgan fingerprint density at radius 3 is 2.52 bits per heavy atom. The molecule has 106 valence electrons. The number of hydrogen-bond donors (Lipinski definition) is 1. The number of nitrogens with zero attached hydrogens (tertiary/aromatic N) is 1. The Hall–Kier alpha value is -2.35. The number of rotatable bonds is 5. The van der Waals surface area contributed by atoms with Gasteiger partial charge in [-0.2, -0.15) is 0 Å². The number of pyridine rings is 1. The van der Waals surface area contributed by atoms with E-state index in [9.17, 15) is 0 Å². The van der Waals surface area contributed by atoms with Crippen molar-refractivity contribution >= 4 is 16.6 Å². The van der Waals surface area contributed by atoms with E-state index in [1.165, 1.54) is 17.2 Å². The summed E-state index contributed by atoms with van der Waals surface area (Å²) in [5.41, 5.74) is 2.18. The zero-order chi connectivity index (χ0) is 14.5. The minimum Gasteiger partial charge on any atom is -0.370 e. The standard InChI is InChI=1S/C19H20N2/c1-2-3-13-20-19-17-12-8-7-11-16(17)14-18(21-19)15-9-5-4-6-10-15/h4-12,14H,2-3,13H2,1H3,(H,20,21). The molecule has 0 saturated heterocycles. The molecule has 0 amide bonds. The van der Waals surface area contributed by atoms with E-state index in [-0.39, 0.29) is 0 Å². The number of hydrogen-bond acceptors (Lipinski definition) is 2. The molecule has 1 heterocycles. The Bertz CT molecular complexity index is 720. The summed E-state index contributed by atoms with van der Waals surface area (Å²) in [5.74, 6) is 0.986. The molecule has 3 aromatic rings. The molecule has 0 bridgehead atoms. The van der Waals surface area contributed by atoms with Crippen molar-refractivity contribution < 1.29 is 0 Å². The van der Waals surface area contributed by atoms with E-state index in [2.05, 4.69) is 66.8 Å². The number of unbranched alkanes of at least 4 members (excludes halogenated alkanes) is 1. The molecular formula is C19H20N2. The minimum absolute atomic E-state index is 0.964. The molecule has 3 rings (SSSR count). The van der Waals surface area contributed by atoms with Gasteiger partial charge in [0, 0.05) is 17.5 Å². The first-order valence-corrected chi connectivity index (χ1v) is 7.57. The average Bonchev–Trinajstić information content (AvgIpc) is 2.55. The lowest BCUT2D eigenvalue weighted by Crippen LogP contribution is -2.04. The second kappa shape index (κ2) is 6.40. The second-order valence-electron chi connectivity index (χ2n) is 5.22.